The first-order valence-corrected chi connectivity index (χ1v) is 7.85. The molecule has 2 atom stereocenters. The van der Waals surface area contributed by atoms with Crippen molar-refractivity contribution in [3.05, 3.63) is 35.6 Å². The fourth-order valence-electron chi connectivity index (χ4n) is 2.72. The fourth-order valence-corrected chi connectivity index (χ4v) is 2.72. The lowest BCUT2D eigenvalue weighted by Crippen LogP contribution is -2.44. The number of carbonyl (C=O) groups is 1. The summed E-state index contributed by atoms with van der Waals surface area (Å²) in [6.45, 7) is 6.70. The number of likely N-dealkylation sites (tertiary alicyclic amines) is 1. The van der Waals surface area contributed by atoms with Crippen molar-refractivity contribution >= 4 is 5.91 Å². The Morgan fingerprint density at radius 1 is 1.43 bits per heavy atom. The molecule has 2 rings (SSSR count). The van der Waals surface area contributed by atoms with Crippen LogP contribution in [0, 0.1) is 11.7 Å². The third-order valence-corrected chi connectivity index (χ3v) is 4.20. The summed E-state index contributed by atoms with van der Waals surface area (Å²) in [5, 5.41) is 3.08. The van der Waals surface area contributed by atoms with Crippen molar-refractivity contribution in [2.75, 3.05) is 13.1 Å². The Kier molecular flexibility index (Phi) is 5.74. The minimum atomic E-state index is -0.205. The Bertz CT molecular complexity index is 460. The van der Waals surface area contributed by atoms with Crippen LogP contribution in [0.1, 0.15) is 38.7 Å². The number of halogens is 1. The molecule has 1 aromatic rings. The molecule has 0 saturated carbocycles. The summed E-state index contributed by atoms with van der Waals surface area (Å²) in [4.78, 5) is 14.5. The van der Waals surface area contributed by atoms with E-state index in [0.29, 0.717) is 0 Å². The summed E-state index contributed by atoms with van der Waals surface area (Å²) in [5.74, 6) is 0.0459. The molecular weight excluding hydrogens is 267 g/mol. The van der Waals surface area contributed by atoms with Crippen molar-refractivity contribution in [3.63, 3.8) is 0 Å². The van der Waals surface area contributed by atoms with Gasteiger partial charge in [-0.15, -0.1) is 0 Å². The van der Waals surface area contributed by atoms with Gasteiger partial charge in [0.1, 0.15) is 5.82 Å². The Labute approximate surface area is 126 Å². The van der Waals surface area contributed by atoms with Crippen LogP contribution in [0.4, 0.5) is 4.39 Å². The van der Waals surface area contributed by atoms with Crippen LogP contribution in [-0.2, 0) is 11.3 Å². The predicted molar refractivity (Wildman–Crippen MR) is 82.3 cm³/mol. The van der Waals surface area contributed by atoms with E-state index in [4.69, 9.17) is 0 Å². The highest BCUT2D eigenvalue weighted by atomic mass is 19.1. The number of rotatable bonds is 5. The molecule has 0 bridgehead atoms. The van der Waals surface area contributed by atoms with Gasteiger partial charge in [0.25, 0.3) is 0 Å². The lowest BCUT2D eigenvalue weighted by Gasteiger charge is -2.32. The van der Waals surface area contributed by atoms with E-state index in [-0.39, 0.29) is 23.7 Å². The minimum Gasteiger partial charge on any atom is -0.353 e. The number of benzene rings is 1. The smallest absolute Gasteiger partial charge is 0.224 e. The van der Waals surface area contributed by atoms with Crippen LogP contribution in [0.3, 0.4) is 0 Å². The van der Waals surface area contributed by atoms with Crippen molar-refractivity contribution in [2.45, 2.75) is 45.7 Å². The van der Waals surface area contributed by atoms with Crippen molar-refractivity contribution in [1.82, 2.24) is 10.2 Å². The van der Waals surface area contributed by atoms with E-state index in [1.54, 1.807) is 0 Å². The predicted octanol–water partition coefficient (Wildman–Crippen LogP) is 2.95. The fraction of sp³-hybridized carbons (Fsp3) is 0.588. The first-order valence-electron chi connectivity index (χ1n) is 7.85. The van der Waals surface area contributed by atoms with Crippen LogP contribution >= 0.6 is 0 Å². The van der Waals surface area contributed by atoms with E-state index in [1.165, 1.54) is 12.1 Å². The molecule has 0 aliphatic carbocycles. The maximum Gasteiger partial charge on any atom is 0.224 e. The van der Waals surface area contributed by atoms with E-state index in [1.807, 2.05) is 19.1 Å². The molecule has 21 heavy (non-hydrogen) atoms. The van der Waals surface area contributed by atoms with Gasteiger partial charge < -0.3 is 5.32 Å². The van der Waals surface area contributed by atoms with Crippen LogP contribution in [-0.4, -0.2) is 29.9 Å². The highest BCUT2D eigenvalue weighted by Crippen LogP contribution is 2.19. The van der Waals surface area contributed by atoms with E-state index >= 15 is 0 Å². The third kappa shape index (κ3) is 4.81. The van der Waals surface area contributed by atoms with E-state index in [0.717, 1.165) is 44.5 Å². The maximum atomic E-state index is 12.9. The molecule has 1 fully saturated rings. The Morgan fingerprint density at radius 2 is 2.14 bits per heavy atom. The standard InChI is InChI=1S/C17H25FN2O/c1-3-13(2)19-17(21)15-5-4-10-20(12-15)11-14-6-8-16(18)9-7-14/h6-9,13,15H,3-5,10-12H2,1-2H3,(H,19,21). The molecule has 1 amide bonds. The van der Waals surface area contributed by atoms with Crippen LogP contribution in [0.5, 0.6) is 0 Å². The molecule has 1 aliphatic heterocycles. The summed E-state index contributed by atoms with van der Waals surface area (Å²) in [6, 6.07) is 6.86. The molecule has 1 saturated heterocycles. The summed E-state index contributed by atoms with van der Waals surface area (Å²) in [6.07, 6.45) is 2.96. The van der Waals surface area contributed by atoms with Gasteiger partial charge in [0.15, 0.2) is 0 Å². The highest BCUT2D eigenvalue weighted by molar-refractivity contribution is 5.79. The average Bonchev–Trinajstić information content (AvgIpc) is 2.49. The molecule has 0 radical (unpaired) electrons. The zero-order chi connectivity index (χ0) is 15.2. The number of piperidine rings is 1. The number of hydrogen-bond donors (Lipinski definition) is 1. The minimum absolute atomic E-state index is 0.0770. The van der Waals surface area contributed by atoms with Crippen LogP contribution in [0.15, 0.2) is 24.3 Å². The highest BCUT2D eigenvalue weighted by Gasteiger charge is 2.26. The largest absolute Gasteiger partial charge is 0.353 e. The van der Waals surface area contributed by atoms with E-state index < -0.39 is 0 Å². The monoisotopic (exact) mass is 292 g/mol. The van der Waals surface area contributed by atoms with Gasteiger partial charge >= 0.3 is 0 Å². The molecule has 1 heterocycles. The second-order valence-corrected chi connectivity index (χ2v) is 6.02. The molecule has 1 N–H and O–H groups in total. The van der Waals surface area contributed by atoms with Gasteiger partial charge in [-0.3, -0.25) is 9.69 Å². The third-order valence-electron chi connectivity index (χ3n) is 4.20. The van der Waals surface area contributed by atoms with Crippen molar-refractivity contribution in [1.29, 1.82) is 0 Å². The zero-order valence-corrected chi connectivity index (χ0v) is 12.9. The number of carbonyl (C=O) groups excluding carboxylic acids is 1. The normalized spacial score (nSPS) is 21.0. The van der Waals surface area contributed by atoms with Gasteiger partial charge in [0.2, 0.25) is 5.91 Å². The first-order chi connectivity index (χ1) is 10.1. The number of hydrogen-bond acceptors (Lipinski definition) is 2. The number of amides is 1. The second-order valence-electron chi connectivity index (χ2n) is 6.02. The van der Waals surface area contributed by atoms with E-state index in [9.17, 15) is 9.18 Å². The molecule has 116 valence electrons. The van der Waals surface area contributed by atoms with Gasteiger partial charge in [0, 0.05) is 19.1 Å². The lowest BCUT2D eigenvalue weighted by molar-refractivity contribution is -0.127. The van der Waals surface area contributed by atoms with Gasteiger partial charge in [-0.1, -0.05) is 19.1 Å². The molecule has 1 aromatic carbocycles. The zero-order valence-electron chi connectivity index (χ0n) is 12.9. The van der Waals surface area contributed by atoms with Crippen molar-refractivity contribution in [3.8, 4) is 0 Å². The molecule has 1 aliphatic rings. The maximum absolute atomic E-state index is 12.9. The summed E-state index contributed by atoms with van der Waals surface area (Å²) >= 11 is 0. The average molecular weight is 292 g/mol. The lowest BCUT2D eigenvalue weighted by atomic mass is 9.96. The number of nitrogens with zero attached hydrogens (tertiary/aromatic N) is 1. The summed E-state index contributed by atoms with van der Waals surface area (Å²) in [5.41, 5.74) is 1.10. The topological polar surface area (TPSA) is 32.3 Å². The van der Waals surface area contributed by atoms with Crippen LogP contribution in [0.2, 0.25) is 0 Å². The van der Waals surface area contributed by atoms with Gasteiger partial charge in [-0.2, -0.15) is 0 Å². The molecule has 3 nitrogen and oxygen atoms in total. The van der Waals surface area contributed by atoms with Crippen LogP contribution in [0.25, 0.3) is 0 Å². The van der Waals surface area contributed by atoms with Crippen molar-refractivity contribution < 1.29 is 9.18 Å². The molecule has 4 heteroatoms. The molecule has 2 unspecified atom stereocenters. The quantitative estimate of drug-likeness (QED) is 0.905. The van der Waals surface area contributed by atoms with Crippen LogP contribution < -0.4 is 5.32 Å². The molecule has 0 aromatic heterocycles. The van der Waals surface area contributed by atoms with E-state index in [2.05, 4.69) is 17.1 Å². The van der Waals surface area contributed by atoms with Gasteiger partial charge in [-0.25, -0.2) is 4.39 Å². The molecular formula is C17H25FN2O. The SMILES string of the molecule is CCC(C)NC(=O)C1CCCN(Cc2ccc(F)cc2)C1. The summed E-state index contributed by atoms with van der Waals surface area (Å²) < 4.78 is 12.9. The van der Waals surface area contributed by atoms with Crippen molar-refractivity contribution in [2.24, 2.45) is 5.92 Å². The Hall–Kier alpha value is -1.42. The van der Waals surface area contributed by atoms with Gasteiger partial charge in [-0.05, 0) is 50.4 Å². The van der Waals surface area contributed by atoms with Gasteiger partial charge in [0.05, 0.1) is 5.92 Å². The Morgan fingerprint density at radius 3 is 2.81 bits per heavy atom. The summed E-state index contributed by atoms with van der Waals surface area (Å²) in [7, 11) is 0. The first kappa shape index (κ1) is 16.0. The Balaban J connectivity index is 1.88. The molecule has 0 spiro atoms. The second kappa shape index (κ2) is 7.55. The number of nitrogens with one attached hydrogen (secondary N) is 1.